The molecule has 1 rings (SSSR count). The summed E-state index contributed by atoms with van der Waals surface area (Å²) in [6.45, 7) is 4.45. The van der Waals surface area contributed by atoms with Crippen LogP contribution >= 0.6 is 0 Å². The second-order valence-electron chi connectivity index (χ2n) is 4.95. The highest BCUT2D eigenvalue weighted by Crippen LogP contribution is 2.29. The molecule has 0 radical (unpaired) electrons. The molecular formula is C13H24N2O2. The summed E-state index contributed by atoms with van der Waals surface area (Å²) in [6.07, 6.45) is 7.38. The van der Waals surface area contributed by atoms with Gasteiger partial charge in [-0.15, -0.1) is 6.58 Å². The zero-order chi connectivity index (χ0) is 12.7. The van der Waals surface area contributed by atoms with Gasteiger partial charge < -0.3 is 15.7 Å². The minimum absolute atomic E-state index is 0.0167. The Hall–Kier alpha value is -0.870. The van der Waals surface area contributed by atoms with Gasteiger partial charge in [-0.25, -0.2) is 0 Å². The molecule has 17 heavy (non-hydrogen) atoms. The highest BCUT2D eigenvalue weighted by Gasteiger charge is 2.31. The number of amides is 1. The first kappa shape index (κ1) is 14.2. The number of carbonyl (C=O) groups excluding carboxylic acids is 1. The molecular weight excluding hydrogens is 216 g/mol. The van der Waals surface area contributed by atoms with E-state index < -0.39 is 0 Å². The van der Waals surface area contributed by atoms with Gasteiger partial charge in [-0.1, -0.05) is 25.3 Å². The largest absolute Gasteiger partial charge is 0.395 e. The third kappa shape index (κ3) is 4.48. The monoisotopic (exact) mass is 240 g/mol. The number of aliphatic hydroxyl groups is 1. The van der Waals surface area contributed by atoms with E-state index in [0.29, 0.717) is 19.5 Å². The molecule has 0 aromatic heterocycles. The Bertz CT molecular complexity index is 260. The minimum Gasteiger partial charge on any atom is -0.395 e. The van der Waals surface area contributed by atoms with Crippen molar-refractivity contribution >= 4 is 5.91 Å². The van der Waals surface area contributed by atoms with E-state index in [1.165, 1.54) is 6.42 Å². The number of carbonyl (C=O) groups is 1. The van der Waals surface area contributed by atoms with Crippen LogP contribution in [0.4, 0.5) is 0 Å². The first-order valence-electron chi connectivity index (χ1n) is 6.40. The number of nitrogens with two attached hydrogens (primary N) is 1. The first-order chi connectivity index (χ1) is 8.11. The van der Waals surface area contributed by atoms with Crippen LogP contribution in [0.25, 0.3) is 0 Å². The van der Waals surface area contributed by atoms with E-state index in [0.717, 1.165) is 25.7 Å². The smallest absolute Gasteiger partial charge is 0.224 e. The van der Waals surface area contributed by atoms with Crippen LogP contribution in [0.1, 0.15) is 38.5 Å². The predicted molar refractivity (Wildman–Crippen MR) is 68.5 cm³/mol. The summed E-state index contributed by atoms with van der Waals surface area (Å²) in [6, 6.07) is 0. The minimum atomic E-state index is -0.329. The van der Waals surface area contributed by atoms with Gasteiger partial charge in [0.15, 0.2) is 0 Å². The molecule has 0 heterocycles. The lowest BCUT2D eigenvalue weighted by molar-refractivity contribution is -0.132. The molecule has 0 atom stereocenters. The highest BCUT2D eigenvalue weighted by atomic mass is 16.3. The summed E-state index contributed by atoms with van der Waals surface area (Å²) >= 11 is 0. The van der Waals surface area contributed by atoms with Crippen LogP contribution in [0, 0.1) is 0 Å². The predicted octanol–water partition coefficient (Wildman–Crippen LogP) is 1.04. The van der Waals surface area contributed by atoms with E-state index in [1.807, 2.05) is 0 Å². The Morgan fingerprint density at radius 1 is 1.41 bits per heavy atom. The lowest BCUT2D eigenvalue weighted by atomic mass is 9.80. The Morgan fingerprint density at radius 3 is 2.59 bits per heavy atom. The van der Waals surface area contributed by atoms with Gasteiger partial charge in [0.25, 0.3) is 0 Å². The van der Waals surface area contributed by atoms with Gasteiger partial charge >= 0.3 is 0 Å². The molecule has 98 valence electrons. The standard InChI is InChI=1S/C13H24N2O2/c1-2-8-15(9-10-16)12(17)11-13(14)6-4-3-5-7-13/h2,16H,1,3-11,14H2. The molecule has 0 saturated heterocycles. The lowest BCUT2D eigenvalue weighted by Gasteiger charge is -2.34. The van der Waals surface area contributed by atoms with Crippen molar-refractivity contribution in [2.75, 3.05) is 19.7 Å². The van der Waals surface area contributed by atoms with Gasteiger partial charge in [-0.3, -0.25) is 4.79 Å². The second kappa shape index (κ2) is 6.77. The van der Waals surface area contributed by atoms with E-state index in [-0.39, 0.29) is 18.1 Å². The van der Waals surface area contributed by atoms with Crippen LogP contribution in [0.3, 0.4) is 0 Å². The average molecular weight is 240 g/mol. The fourth-order valence-corrected chi connectivity index (χ4v) is 2.44. The molecule has 4 nitrogen and oxygen atoms in total. The van der Waals surface area contributed by atoms with Crippen molar-refractivity contribution < 1.29 is 9.90 Å². The molecule has 0 unspecified atom stereocenters. The van der Waals surface area contributed by atoms with Crippen LogP contribution < -0.4 is 5.73 Å². The molecule has 0 aliphatic heterocycles. The third-order valence-electron chi connectivity index (χ3n) is 3.42. The molecule has 0 aromatic rings. The molecule has 0 bridgehead atoms. The zero-order valence-corrected chi connectivity index (χ0v) is 10.5. The molecule has 1 saturated carbocycles. The van der Waals surface area contributed by atoms with Crippen LogP contribution in [-0.4, -0.2) is 41.1 Å². The quantitative estimate of drug-likeness (QED) is 0.682. The summed E-state index contributed by atoms with van der Waals surface area (Å²) in [7, 11) is 0. The number of hydrogen-bond acceptors (Lipinski definition) is 3. The van der Waals surface area contributed by atoms with E-state index >= 15 is 0 Å². The van der Waals surface area contributed by atoms with E-state index in [2.05, 4.69) is 6.58 Å². The summed E-state index contributed by atoms with van der Waals surface area (Å²) in [5.41, 5.74) is 5.93. The number of aliphatic hydroxyl groups excluding tert-OH is 1. The third-order valence-corrected chi connectivity index (χ3v) is 3.42. The lowest BCUT2D eigenvalue weighted by Crippen LogP contribution is -2.47. The van der Waals surface area contributed by atoms with E-state index in [9.17, 15) is 4.79 Å². The van der Waals surface area contributed by atoms with Crippen LogP contribution in [-0.2, 0) is 4.79 Å². The van der Waals surface area contributed by atoms with Crippen molar-refractivity contribution in [1.29, 1.82) is 0 Å². The van der Waals surface area contributed by atoms with Gasteiger partial charge in [0.1, 0.15) is 0 Å². The summed E-state index contributed by atoms with van der Waals surface area (Å²) < 4.78 is 0. The molecule has 1 amide bonds. The number of hydrogen-bond donors (Lipinski definition) is 2. The van der Waals surface area contributed by atoms with E-state index in [1.54, 1.807) is 11.0 Å². The van der Waals surface area contributed by atoms with Gasteiger partial charge in [-0.05, 0) is 12.8 Å². The van der Waals surface area contributed by atoms with Crippen molar-refractivity contribution in [1.82, 2.24) is 4.90 Å². The zero-order valence-electron chi connectivity index (χ0n) is 10.5. The maximum atomic E-state index is 12.1. The van der Waals surface area contributed by atoms with E-state index in [4.69, 9.17) is 10.8 Å². The van der Waals surface area contributed by atoms with Crippen molar-refractivity contribution in [3.8, 4) is 0 Å². The van der Waals surface area contributed by atoms with Gasteiger partial charge in [0.2, 0.25) is 5.91 Å². The fourth-order valence-electron chi connectivity index (χ4n) is 2.44. The Labute approximate surface area is 103 Å². The average Bonchev–Trinajstić information content (AvgIpc) is 2.29. The summed E-state index contributed by atoms with van der Waals surface area (Å²) in [5, 5.41) is 8.92. The number of rotatable bonds is 6. The van der Waals surface area contributed by atoms with Crippen molar-refractivity contribution in [2.24, 2.45) is 5.73 Å². The van der Waals surface area contributed by atoms with Gasteiger partial charge in [0.05, 0.1) is 6.61 Å². The van der Waals surface area contributed by atoms with Gasteiger partial charge in [0, 0.05) is 25.0 Å². The summed E-state index contributed by atoms with van der Waals surface area (Å²) in [4.78, 5) is 13.7. The maximum Gasteiger partial charge on any atom is 0.224 e. The molecule has 1 aliphatic rings. The molecule has 3 N–H and O–H groups in total. The molecule has 0 spiro atoms. The molecule has 1 aliphatic carbocycles. The Balaban J connectivity index is 2.52. The maximum absolute atomic E-state index is 12.1. The normalized spacial score (nSPS) is 18.7. The van der Waals surface area contributed by atoms with Crippen LogP contribution in [0.2, 0.25) is 0 Å². The van der Waals surface area contributed by atoms with Crippen molar-refractivity contribution in [3.63, 3.8) is 0 Å². The SMILES string of the molecule is C=CCN(CCO)C(=O)CC1(N)CCCCC1. The molecule has 1 fully saturated rings. The van der Waals surface area contributed by atoms with Crippen molar-refractivity contribution in [3.05, 3.63) is 12.7 Å². The molecule has 0 aromatic carbocycles. The number of nitrogens with zero attached hydrogens (tertiary/aromatic N) is 1. The topological polar surface area (TPSA) is 66.6 Å². The van der Waals surface area contributed by atoms with Crippen LogP contribution in [0.15, 0.2) is 12.7 Å². The van der Waals surface area contributed by atoms with Gasteiger partial charge in [-0.2, -0.15) is 0 Å². The first-order valence-corrected chi connectivity index (χ1v) is 6.40. The fraction of sp³-hybridized carbons (Fsp3) is 0.769. The summed E-state index contributed by atoms with van der Waals surface area (Å²) in [5.74, 6) is 0.0309. The van der Waals surface area contributed by atoms with Crippen molar-refractivity contribution in [2.45, 2.75) is 44.1 Å². The van der Waals surface area contributed by atoms with Crippen LogP contribution in [0.5, 0.6) is 0 Å². The second-order valence-corrected chi connectivity index (χ2v) is 4.95. The Kier molecular flexibility index (Phi) is 5.65. The molecule has 4 heteroatoms. The highest BCUT2D eigenvalue weighted by molar-refractivity contribution is 5.77. The Morgan fingerprint density at radius 2 is 2.06 bits per heavy atom.